The van der Waals surface area contributed by atoms with Gasteiger partial charge in [-0.25, -0.2) is 14.8 Å². The molecule has 1 heterocycles. The third kappa shape index (κ3) is 2.24. The molecule has 4 nitrogen and oxygen atoms in total. The Hall–Kier alpha value is -1.45. The van der Waals surface area contributed by atoms with Gasteiger partial charge in [0, 0.05) is 18.2 Å². The zero-order chi connectivity index (χ0) is 9.84. The topological polar surface area (TPSA) is 63.1 Å². The van der Waals surface area contributed by atoms with Gasteiger partial charge in [-0.15, -0.1) is 0 Å². The summed E-state index contributed by atoms with van der Waals surface area (Å²) in [7, 11) is 0. The Balaban J connectivity index is 3.04. The lowest BCUT2D eigenvalue weighted by Crippen LogP contribution is -2.07. The number of carboxylic acids is 1. The number of carbonyl (C=O) groups is 1. The molecule has 1 rings (SSSR count). The van der Waals surface area contributed by atoms with Gasteiger partial charge in [-0.1, -0.05) is 6.92 Å². The summed E-state index contributed by atoms with van der Waals surface area (Å²) in [5.74, 6) is -0.386. The maximum atomic E-state index is 10.7. The van der Waals surface area contributed by atoms with Crippen LogP contribution in [0.15, 0.2) is 6.20 Å². The molecule has 70 valence electrons. The van der Waals surface area contributed by atoms with Crippen LogP contribution in [0.2, 0.25) is 0 Å². The fraction of sp³-hybridized carbons (Fsp3) is 0.444. The summed E-state index contributed by atoms with van der Waals surface area (Å²) in [6.45, 7) is 3.70. The van der Waals surface area contributed by atoms with E-state index in [1.54, 1.807) is 13.1 Å². The van der Waals surface area contributed by atoms with Gasteiger partial charge in [0.05, 0.1) is 0 Å². The fourth-order valence-corrected chi connectivity index (χ4v) is 1.04. The molecule has 1 aromatic rings. The summed E-state index contributed by atoms with van der Waals surface area (Å²) in [5.41, 5.74) is 0.714. The van der Waals surface area contributed by atoms with Crippen LogP contribution in [0, 0.1) is 6.92 Å². The number of rotatable bonds is 3. The average molecular weight is 180 g/mol. The molecule has 0 saturated heterocycles. The van der Waals surface area contributed by atoms with Gasteiger partial charge in [0.15, 0.2) is 5.69 Å². The van der Waals surface area contributed by atoms with Crippen LogP contribution in [0.1, 0.15) is 35.2 Å². The number of aromatic carboxylic acids is 1. The Labute approximate surface area is 76.7 Å². The first-order chi connectivity index (χ1) is 6.15. The zero-order valence-electron chi connectivity index (χ0n) is 7.74. The predicted molar refractivity (Wildman–Crippen MR) is 47.7 cm³/mol. The van der Waals surface area contributed by atoms with Gasteiger partial charge in [0.2, 0.25) is 0 Å². The van der Waals surface area contributed by atoms with Crippen molar-refractivity contribution in [2.45, 2.75) is 26.7 Å². The minimum absolute atomic E-state index is 0.110. The molecule has 0 aliphatic rings. The van der Waals surface area contributed by atoms with Crippen LogP contribution in [0.25, 0.3) is 0 Å². The molecule has 0 amide bonds. The van der Waals surface area contributed by atoms with E-state index in [9.17, 15) is 4.79 Å². The maximum absolute atomic E-state index is 10.7. The molecule has 0 aliphatic carbocycles. The summed E-state index contributed by atoms with van der Waals surface area (Å²) in [6.07, 6.45) is 3.20. The number of aryl methyl sites for hydroxylation is 2. The van der Waals surface area contributed by atoms with Crippen LogP contribution in [0.5, 0.6) is 0 Å². The Kier molecular flexibility index (Phi) is 2.95. The summed E-state index contributed by atoms with van der Waals surface area (Å²) < 4.78 is 0. The van der Waals surface area contributed by atoms with Crippen LogP contribution in [-0.2, 0) is 6.42 Å². The molecular weight excluding hydrogens is 168 g/mol. The van der Waals surface area contributed by atoms with E-state index in [1.807, 2.05) is 6.92 Å². The third-order valence-electron chi connectivity index (χ3n) is 1.70. The highest BCUT2D eigenvalue weighted by atomic mass is 16.4. The first-order valence-electron chi connectivity index (χ1n) is 4.21. The van der Waals surface area contributed by atoms with Gasteiger partial charge < -0.3 is 5.11 Å². The van der Waals surface area contributed by atoms with Crippen molar-refractivity contribution in [3.05, 3.63) is 23.3 Å². The van der Waals surface area contributed by atoms with Crippen molar-refractivity contribution < 1.29 is 9.90 Å². The van der Waals surface area contributed by atoms with Gasteiger partial charge in [-0.3, -0.25) is 0 Å². The van der Waals surface area contributed by atoms with E-state index in [4.69, 9.17) is 5.11 Å². The van der Waals surface area contributed by atoms with Crippen molar-refractivity contribution in [1.29, 1.82) is 0 Å². The minimum atomic E-state index is -0.989. The molecule has 0 saturated carbocycles. The van der Waals surface area contributed by atoms with Crippen molar-refractivity contribution in [2.75, 3.05) is 0 Å². The van der Waals surface area contributed by atoms with Gasteiger partial charge in [-0.2, -0.15) is 0 Å². The molecule has 0 aromatic carbocycles. The van der Waals surface area contributed by atoms with Crippen LogP contribution < -0.4 is 0 Å². The van der Waals surface area contributed by atoms with Crippen molar-refractivity contribution in [1.82, 2.24) is 9.97 Å². The smallest absolute Gasteiger partial charge is 0.354 e. The number of aromatic nitrogens is 2. The molecule has 0 bridgehead atoms. The monoisotopic (exact) mass is 180 g/mol. The number of hydrogen-bond donors (Lipinski definition) is 1. The molecule has 0 fully saturated rings. The average Bonchev–Trinajstić information content (AvgIpc) is 2.08. The SMILES string of the molecule is CCCc1ncc(C)c(C(=O)O)n1. The van der Waals surface area contributed by atoms with Crippen molar-refractivity contribution in [2.24, 2.45) is 0 Å². The molecule has 0 radical (unpaired) electrons. The van der Waals surface area contributed by atoms with E-state index >= 15 is 0 Å². The van der Waals surface area contributed by atoms with Gasteiger partial charge in [0.25, 0.3) is 0 Å². The lowest BCUT2D eigenvalue weighted by atomic mass is 10.2. The normalized spacial score (nSPS) is 10.0. The summed E-state index contributed by atoms with van der Waals surface area (Å²) in [4.78, 5) is 18.7. The van der Waals surface area contributed by atoms with Gasteiger partial charge in [-0.05, 0) is 13.3 Å². The summed E-state index contributed by atoms with van der Waals surface area (Å²) >= 11 is 0. The van der Waals surface area contributed by atoms with E-state index in [1.165, 1.54) is 0 Å². The maximum Gasteiger partial charge on any atom is 0.354 e. The van der Waals surface area contributed by atoms with E-state index in [0.29, 0.717) is 11.4 Å². The second-order valence-electron chi connectivity index (χ2n) is 2.87. The Bertz CT molecular complexity index is 323. The van der Waals surface area contributed by atoms with Crippen LogP contribution in [0.3, 0.4) is 0 Å². The summed E-state index contributed by atoms with van der Waals surface area (Å²) in [6, 6.07) is 0. The minimum Gasteiger partial charge on any atom is -0.477 e. The largest absolute Gasteiger partial charge is 0.477 e. The third-order valence-corrected chi connectivity index (χ3v) is 1.70. The van der Waals surface area contributed by atoms with E-state index in [0.717, 1.165) is 12.8 Å². The van der Waals surface area contributed by atoms with Crippen LogP contribution in [-0.4, -0.2) is 21.0 Å². The molecule has 1 aromatic heterocycles. The molecule has 0 unspecified atom stereocenters. The molecule has 0 aliphatic heterocycles. The molecule has 13 heavy (non-hydrogen) atoms. The molecule has 0 atom stereocenters. The molecule has 0 spiro atoms. The predicted octanol–water partition coefficient (Wildman–Crippen LogP) is 1.44. The summed E-state index contributed by atoms with van der Waals surface area (Å²) in [5, 5.41) is 8.77. The Morgan fingerprint density at radius 1 is 1.62 bits per heavy atom. The van der Waals surface area contributed by atoms with Crippen molar-refractivity contribution >= 4 is 5.97 Å². The van der Waals surface area contributed by atoms with Crippen molar-refractivity contribution in [3.8, 4) is 0 Å². The molecular formula is C9H12N2O2. The Morgan fingerprint density at radius 2 is 2.31 bits per heavy atom. The zero-order valence-corrected chi connectivity index (χ0v) is 7.74. The standard InChI is InChI=1S/C9H12N2O2/c1-3-4-7-10-5-6(2)8(11-7)9(12)13/h5H,3-4H2,1-2H3,(H,12,13). The number of nitrogens with zero attached hydrogens (tertiary/aromatic N) is 2. The number of carboxylic acid groups (broad SMARTS) is 1. The van der Waals surface area contributed by atoms with Crippen LogP contribution >= 0.6 is 0 Å². The lowest BCUT2D eigenvalue weighted by molar-refractivity contribution is 0.0689. The molecule has 1 N–H and O–H groups in total. The lowest BCUT2D eigenvalue weighted by Gasteiger charge is -2.01. The van der Waals surface area contributed by atoms with E-state index in [-0.39, 0.29) is 5.69 Å². The van der Waals surface area contributed by atoms with Crippen molar-refractivity contribution in [3.63, 3.8) is 0 Å². The van der Waals surface area contributed by atoms with Gasteiger partial charge >= 0.3 is 5.97 Å². The highest BCUT2D eigenvalue weighted by Crippen LogP contribution is 2.04. The van der Waals surface area contributed by atoms with Crippen LogP contribution in [0.4, 0.5) is 0 Å². The second-order valence-corrected chi connectivity index (χ2v) is 2.87. The highest BCUT2D eigenvalue weighted by Gasteiger charge is 2.09. The van der Waals surface area contributed by atoms with E-state index < -0.39 is 5.97 Å². The second kappa shape index (κ2) is 3.98. The first kappa shape index (κ1) is 9.64. The first-order valence-corrected chi connectivity index (χ1v) is 4.21. The van der Waals surface area contributed by atoms with E-state index in [2.05, 4.69) is 9.97 Å². The Morgan fingerprint density at radius 3 is 2.85 bits per heavy atom. The quantitative estimate of drug-likeness (QED) is 0.764. The fourth-order valence-electron chi connectivity index (χ4n) is 1.04. The number of hydrogen-bond acceptors (Lipinski definition) is 3. The highest BCUT2D eigenvalue weighted by molar-refractivity contribution is 5.86. The molecule has 4 heteroatoms. The van der Waals surface area contributed by atoms with Gasteiger partial charge in [0.1, 0.15) is 5.82 Å².